The molecule has 25 heavy (non-hydrogen) atoms. The van der Waals surface area contributed by atoms with E-state index in [1.807, 2.05) is 28.0 Å². The van der Waals surface area contributed by atoms with E-state index in [0.29, 0.717) is 32.2 Å². The molecule has 1 aliphatic carbocycles. The number of hydrogen-bond donors (Lipinski definition) is 0. The van der Waals surface area contributed by atoms with Crippen LogP contribution in [-0.2, 0) is 11.3 Å². The molecule has 3 rings (SSSR count). The molecule has 0 spiro atoms. The highest BCUT2D eigenvalue weighted by molar-refractivity contribution is 5.79. The Kier molecular flexibility index (Phi) is 5.58. The Balaban J connectivity index is 1.52. The standard InChI is InChI=1S/C19H28N4O2/c1-20(2)19(25)22-12-10-21(11-13-22)15-18(24)23(17-8-9-17)14-16-6-4-3-5-7-16/h3-7,17H,8-15H2,1-2H3. The maximum Gasteiger partial charge on any atom is 0.319 e. The van der Waals surface area contributed by atoms with Gasteiger partial charge in [-0.2, -0.15) is 0 Å². The van der Waals surface area contributed by atoms with Gasteiger partial charge in [0.15, 0.2) is 0 Å². The molecular weight excluding hydrogens is 316 g/mol. The minimum absolute atomic E-state index is 0.0506. The Morgan fingerprint density at radius 3 is 2.24 bits per heavy atom. The molecule has 0 radical (unpaired) electrons. The fourth-order valence-corrected chi connectivity index (χ4v) is 3.25. The quantitative estimate of drug-likeness (QED) is 0.813. The van der Waals surface area contributed by atoms with E-state index in [2.05, 4.69) is 17.0 Å². The van der Waals surface area contributed by atoms with Crippen molar-refractivity contribution in [2.24, 2.45) is 0 Å². The molecule has 0 bridgehead atoms. The Morgan fingerprint density at radius 2 is 1.68 bits per heavy atom. The number of carbonyl (C=O) groups excluding carboxylic acids is 2. The highest BCUT2D eigenvalue weighted by Gasteiger charge is 2.33. The van der Waals surface area contributed by atoms with Crippen LogP contribution < -0.4 is 0 Å². The molecule has 2 fully saturated rings. The highest BCUT2D eigenvalue weighted by Crippen LogP contribution is 2.28. The molecule has 2 aliphatic rings. The minimum Gasteiger partial charge on any atom is -0.334 e. The van der Waals surface area contributed by atoms with Gasteiger partial charge >= 0.3 is 6.03 Å². The van der Waals surface area contributed by atoms with Crippen LogP contribution in [0.25, 0.3) is 0 Å². The zero-order valence-corrected chi connectivity index (χ0v) is 15.2. The lowest BCUT2D eigenvalue weighted by Crippen LogP contribution is -2.53. The number of nitrogens with zero attached hydrogens (tertiary/aromatic N) is 4. The molecule has 1 saturated carbocycles. The van der Waals surface area contributed by atoms with E-state index in [1.54, 1.807) is 19.0 Å². The fourth-order valence-electron chi connectivity index (χ4n) is 3.25. The number of urea groups is 1. The third-order valence-corrected chi connectivity index (χ3v) is 4.89. The van der Waals surface area contributed by atoms with Gasteiger partial charge in [0.25, 0.3) is 0 Å². The summed E-state index contributed by atoms with van der Waals surface area (Å²) >= 11 is 0. The maximum absolute atomic E-state index is 12.8. The van der Waals surface area contributed by atoms with Gasteiger partial charge < -0.3 is 14.7 Å². The summed E-state index contributed by atoms with van der Waals surface area (Å²) in [6.45, 7) is 4.04. The van der Waals surface area contributed by atoms with E-state index in [9.17, 15) is 9.59 Å². The number of rotatable bonds is 5. The van der Waals surface area contributed by atoms with Crippen molar-refractivity contribution < 1.29 is 9.59 Å². The summed E-state index contributed by atoms with van der Waals surface area (Å²) < 4.78 is 0. The van der Waals surface area contributed by atoms with E-state index < -0.39 is 0 Å². The van der Waals surface area contributed by atoms with Crippen LogP contribution in [-0.4, -0.2) is 84.4 Å². The van der Waals surface area contributed by atoms with E-state index in [0.717, 1.165) is 25.9 Å². The summed E-state index contributed by atoms with van der Waals surface area (Å²) in [6.07, 6.45) is 2.23. The molecule has 1 saturated heterocycles. The van der Waals surface area contributed by atoms with Gasteiger partial charge in [-0.15, -0.1) is 0 Å². The predicted molar refractivity (Wildman–Crippen MR) is 97.1 cm³/mol. The number of piperazine rings is 1. The molecule has 1 aromatic rings. The van der Waals surface area contributed by atoms with Gasteiger partial charge in [0, 0.05) is 52.9 Å². The topological polar surface area (TPSA) is 47.1 Å². The third-order valence-electron chi connectivity index (χ3n) is 4.89. The second-order valence-electron chi connectivity index (χ2n) is 7.18. The Hall–Kier alpha value is -2.08. The average Bonchev–Trinajstić information content (AvgIpc) is 3.45. The van der Waals surface area contributed by atoms with E-state index in [1.165, 1.54) is 5.56 Å². The van der Waals surface area contributed by atoms with Crippen molar-refractivity contribution in [1.82, 2.24) is 19.6 Å². The van der Waals surface area contributed by atoms with Crippen molar-refractivity contribution in [3.8, 4) is 0 Å². The number of amides is 3. The molecule has 6 nitrogen and oxygen atoms in total. The van der Waals surface area contributed by atoms with Crippen molar-refractivity contribution in [3.63, 3.8) is 0 Å². The van der Waals surface area contributed by atoms with Crippen molar-refractivity contribution in [2.75, 3.05) is 46.8 Å². The van der Waals surface area contributed by atoms with Crippen LogP contribution in [0, 0.1) is 0 Å². The summed E-state index contributed by atoms with van der Waals surface area (Å²) in [7, 11) is 3.55. The molecule has 3 amide bonds. The molecule has 136 valence electrons. The van der Waals surface area contributed by atoms with E-state index >= 15 is 0 Å². The van der Waals surface area contributed by atoms with Crippen LogP contribution in [0.1, 0.15) is 18.4 Å². The van der Waals surface area contributed by atoms with Gasteiger partial charge in [-0.05, 0) is 18.4 Å². The van der Waals surface area contributed by atoms with Gasteiger partial charge in [-0.25, -0.2) is 4.79 Å². The second kappa shape index (κ2) is 7.87. The molecule has 0 atom stereocenters. The SMILES string of the molecule is CN(C)C(=O)N1CCN(CC(=O)N(Cc2ccccc2)C2CC2)CC1. The van der Waals surface area contributed by atoms with Gasteiger partial charge in [0.05, 0.1) is 6.54 Å². The third kappa shape index (κ3) is 4.72. The molecular formula is C19H28N4O2. The first-order valence-corrected chi connectivity index (χ1v) is 9.06. The lowest BCUT2D eigenvalue weighted by atomic mass is 10.2. The molecule has 0 unspecified atom stereocenters. The Morgan fingerprint density at radius 1 is 1.04 bits per heavy atom. The van der Waals surface area contributed by atoms with Gasteiger partial charge in [0.2, 0.25) is 5.91 Å². The largest absolute Gasteiger partial charge is 0.334 e. The van der Waals surface area contributed by atoms with Crippen LogP contribution in [0.3, 0.4) is 0 Å². The first kappa shape index (κ1) is 17.7. The smallest absolute Gasteiger partial charge is 0.319 e. The summed E-state index contributed by atoms with van der Waals surface area (Å²) in [4.78, 5) is 32.5. The Labute approximate surface area is 150 Å². The van der Waals surface area contributed by atoms with Gasteiger partial charge in [-0.3, -0.25) is 9.69 Å². The first-order valence-electron chi connectivity index (χ1n) is 9.06. The van der Waals surface area contributed by atoms with Crippen LogP contribution >= 0.6 is 0 Å². The number of benzene rings is 1. The van der Waals surface area contributed by atoms with Crippen LogP contribution in [0.4, 0.5) is 4.79 Å². The molecule has 1 aliphatic heterocycles. The van der Waals surface area contributed by atoms with Crippen molar-refractivity contribution in [2.45, 2.75) is 25.4 Å². The molecule has 6 heteroatoms. The highest BCUT2D eigenvalue weighted by atomic mass is 16.2. The second-order valence-corrected chi connectivity index (χ2v) is 7.18. The van der Waals surface area contributed by atoms with Crippen LogP contribution in [0.5, 0.6) is 0 Å². The summed E-state index contributed by atoms with van der Waals surface area (Å²) in [6, 6.07) is 10.7. The van der Waals surface area contributed by atoms with Gasteiger partial charge in [0.1, 0.15) is 0 Å². The normalized spacial score (nSPS) is 18.1. The number of carbonyl (C=O) groups is 2. The summed E-state index contributed by atoms with van der Waals surface area (Å²) in [5, 5.41) is 0. The zero-order valence-electron chi connectivity index (χ0n) is 15.2. The van der Waals surface area contributed by atoms with E-state index in [-0.39, 0.29) is 11.9 Å². The molecule has 0 aromatic heterocycles. The summed E-state index contributed by atoms with van der Waals surface area (Å²) in [5.74, 6) is 0.207. The monoisotopic (exact) mass is 344 g/mol. The van der Waals surface area contributed by atoms with E-state index in [4.69, 9.17) is 0 Å². The lowest BCUT2D eigenvalue weighted by Gasteiger charge is -2.36. The van der Waals surface area contributed by atoms with Crippen LogP contribution in [0.2, 0.25) is 0 Å². The first-order chi connectivity index (χ1) is 12.0. The van der Waals surface area contributed by atoms with Crippen LogP contribution in [0.15, 0.2) is 30.3 Å². The molecule has 0 N–H and O–H groups in total. The molecule has 1 aromatic carbocycles. The fraction of sp³-hybridized carbons (Fsp3) is 0.579. The zero-order chi connectivity index (χ0) is 17.8. The van der Waals surface area contributed by atoms with Crippen molar-refractivity contribution >= 4 is 11.9 Å². The number of hydrogen-bond acceptors (Lipinski definition) is 3. The summed E-state index contributed by atoms with van der Waals surface area (Å²) in [5.41, 5.74) is 1.18. The van der Waals surface area contributed by atoms with Crippen molar-refractivity contribution in [3.05, 3.63) is 35.9 Å². The minimum atomic E-state index is 0.0506. The maximum atomic E-state index is 12.8. The Bertz CT molecular complexity index is 593. The molecule has 1 heterocycles. The lowest BCUT2D eigenvalue weighted by molar-refractivity contribution is -0.134. The average molecular weight is 344 g/mol. The predicted octanol–water partition coefficient (Wildman–Crippen LogP) is 1.48. The van der Waals surface area contributed by atoms with Crippen molar-refractivity contribution in [1.29, 1.82) is 0 Å². The van der Waals surface area contributed by atoms with Gasteiger partial charge in [-0.1, -0.05) is 30.3 Å².